The highest BCUT2D eigenvalue weighted by atomic mass is 16.3. The molecule has 0 spiro atoms. The molecule has 23 heavy (non-hydrogen) atoms. The van der Waals surface area contributed by atoms with Crippen molar-refractivity contribution < 1.29 is 4.98 Å². The average molecular weight is 307 g/mol. The predicted molar refractivity (Wildman–Crippen MR) is 86.2 cm³/mol. The quantitative estimate of drug-likeness (QED) is 0.695. The Hall–Kier alpha value is -2.89. The summed E-state index contributed by atoms with van der Waals surface area (Å²) in [6.07, 6.45) is 4.06. The number of rotatable bonds is 4. The van der Waals surface area contributed by atoms with Crippen LogP contribution in [0.2, 0.25) is 0 Å². The Morgan fingerprint density at radius 1 is 1.26 bits per heavy atom. The van der Waals surface area contributed by atoms with Gasteiger partial charge in [0.1, 0.15) is 11.1 Å². The Morgan fingerprint density at radius 3 is 2.91 bits per heavy atom. The van der Waals surface area contributed by atoms with Gasteiger partial charge in [0.15, 0.2) is 11.9 Å². The summed E-state index contributed by atoms with van der Waals surface area (Å²) < 4.78 is 1.55. The van der Waals surface area contributed by atoms with Crippen LogP contribution in [0.25, 0.3) is 22.2 Å². The van der Waals surface area contributed by atoms with Crippen LogP contribution in [-0.4, -0.2) is 9.78 Å². The number of nitrogens with one attached hydrogen (secondary N) is 1. The van der Waals surface area contributed by atoms with Crippen molar-refractivity contribution in [1.82, 2.24) is 9.78 Å². The minimum absolute atomic E-state index is 0.0860. The number of benzene rings is 1. The van der Waals surface area contributed by atoms with Crippen molar-refractivity contribution in [3.63, 3.8) is 0 Å². The van der Waals surface area contributed by atoms with Gasteiger partial charge in [-0.2, -0.15) is 5.10 Å². The fourth-order valence-corrected chi connectivity index (χ4v) is 2.75. The number of hydrogen-bond donors (Lipinski definition) is 0. The molecule has 0 unspecified atom stereocenters. The van der Waals surface area contributed by atoms with Gasteiger partial charge in [-0.15, -0.1) is 4.91 Å². The first-order chi connectivity index (χ1) is 11.3. The molecule has 6 heteroatoms. The monoisotopic (exact) mass is 307 g/mol. The number of H-pyrrole nitrogens is 1. The van der Waals surface area contributed by atoms with Crippen molar-refractivity contribution in [2.24, 2.45) is 11.1 Å². The van der Waals surface area contributed by atoms with E-state index in [2.05, 4.69) is 15.3 Å². The van der Waals surface area contributed by atoms with Crippen molar-refractivity contribution in [3.05, 3.63) is 57.9 Å². The minimum Gasteiger partial charge on any atom is -0.267 e. The lowest BCUT2D eigenvalue weighted by Gasteiger charge is -2.08. The normalized spacial score (nSPS) is 14.1. The Morgan fingerprint density at radius 2 is 2.13 bits per heavy atom. The lowest BCUT2D eigenvalue weighted by molar-refractivity contribution is -0.344. The third-order valence-corrected chi connectivity index (χ3v) is 4.13. The fraction of sp³-hybridized carbons (Fsp3) is 0.235. The van der Waals surface area contributed by atoms with Gasteiger partial charge in [0.05, 0.1) is 0 Å². The molecule has 114 valence electrons. The summed E-state index contributed by atoms with van der Waals surface area (Å²) in [7, 11) is 0. The van der Waals surface area contributed by atoms with Gasteiger partial charge in [-0.1, -0.05) is 12.1 Å². The minimum atomic E-state index is -0.0860. The van der Waals surface area contributed by atoms with Gasteiger partial charge < -0.3 is 0 Å². The molecule has 3 aromatic rings. The van der Waals surface area contributed by atoms with Crippen LogP contribution in [0.15, 0.2) is 52.6 Å². The molecule has 0 atom stereocenters. The van der Waals surface area contributed by atoms with Crippen LogP contribution in [-0.2, 0) is 6.54 Å². The Labute approximate surface area is 131 Å². The number of pyridine rings is 1. The molecule has 1 saturated carbocycles. The molecule has 2 heterocycles. The van der Waals surface area contributed by atoms with Gasteiger partial charge in [0.2, 0.25) is 5.52 Å². The molecular formula is C17H15N4O2+. The topological polar surface area (TPSA) is 78.5 Å². The van der Waals surface area contributed by atoms with Crippen LogP contribution in [0.4, 0.5) is 5.69 Å². The first-order valence-electron chi connectivity index (χ1n) is 7.61. The van der Waals surface area contributed by atoms with E-state index in [4.69, 9.17) is 0 Å². The van der Waals surface area contributed by atoms with Crippen LogP contribution < -0.4 is 10.5 Å². The molecule has 1 aliphatic carbocycles. The van der Waals surface area contributed by atoms with E-state index in [1.807, 2.05) is 6.07 Å². The van der Waals surface area contributed by atoms with Crippen molar-refractivity contribution >= 4 is 16.6 Å². The van der Waals surface area contributed by atoms with E-state index >= 15 is 0 Å². The van der Waals surface area contributed by atoms with Gasteiger partial charge in [-0.3, -0.25) is 4.79 Å². The third-order valence-electron chi connectivity index (χ3n) is 4.13. The zero-order chi connectivity index (χ0) is 15.8. The fourth-order valence-electron chi connectivity index (χ4n) is 2.75. The highest BCUT2D eigenvalue weighted by Gasteiger charge is 2.25. The zero-order valence-corrected chi connectivity index (χ0v) is 12.4. The summed E-state index contributed by atoms with van der Waals surface area (Å²) in [5.74, 6) is 0.543. The van der Waals surface area contributed by atoms with Crippen molar-refractivity contribution in [1.29, 1.82) is 0 Å². The predicted octanol–water partition coefficient (Wildman–Crippen LogP) is 2.69. The summed E-state index contributed by atoms with van der Waals surface area (Å²) >= 11 is 0. The highest BCUT2D eigenvalue weighted by molar-refractivity contribution is 5.88. The molecular weight excluding hydrogens is 292 g/mol. The Balaban J connectivity index is 1.98. The van der Waals surface area contributed by atoms with Crippen LogP contribution in [0.5, 0.6) is 0 Å². The molecule has 0 saturated heterocycles. The first-order valence-corrected chi connectivity index (χ1v) is 7.61. The van der Waals surface area contributed by atoms with Gasteiger partial charge >= 0.3 is 0 Å². The number of nitrogens with zero attached hydrogens (tertiary/aromatic N) is 3. The summed E-state index contributed by atoms with van der Waals surface area (Å²) in [5.41, 5.74) is 2.35. The SMILES string of the molecule is O=Nc1cccc(-c2nn(CC3CC3)c(=O)c3ccc[nH+]c23)c1. The molecule has 1 N–H and O–H groups in total. The van der Waals surface area contributed by atoms with Crippen LogP contribution in [0.1, 0.15) is 12.8 Å². The molecule has 1 aromatic carbocycles. The zero-order valence-electron chi connectivity index (χ0n) is 12.4. The number of aromatic nitrogens is 3. The molecule has 0 bridgehead atoms. The number of fused-ring (bicyclic) bond motifs is 1. The van der Waals surface area contributed by atoms with E-state index in [-0.39, 0.29) is 5.56 Å². The third kappa shape index (κ3) is 2.52. The van der Waals surface area contributed by atoms with Crippen LogP contribution in [0.3, 0.4) is 0 Å². The van der Waals surface area contributed by atoms with Crippen LogP contribution >= 0.6 is 0 Å². The summed E-state index contributed by atoms with van der Waals surface area (Å²) in [6.45, 7) is 0.641. The van der Waals surface area contributed by atoms with Gasteiger partial charge in [0, 0.05) is 18.2 Å². The Bertz CT molecular complexity index is 960. The molecule has 1 aliphatic rings. The van der Waals surface area contributed by atoms with E-state index in [0.717, 1.165) is 18.4 Å². The van der Waals surface area contributed by atoms with Gasteiger partial charge in [0.25, 0.3) is 5.56 Å². The summed E-state index contributed by atoms with van der Waals surface area (Å²) in [4.78, 5) is 26.5. The maximum Gasteiger partial charge on any atom is 0.280 e. The standard InChI is InChI=1S/C17H14N4O2/c22-17-14-5-2-8-18-16(14)15(19-21(17)10-11-6-7-11)12-3-1-4-13(9-12)20-23/h1-5,8-9,11H,6-7,10H2/p+1. The van der Waals surface area contributed by atoms with E-state index in [9.17, 15) is 9.70 Å². The second-order valence-corrected chi connectivity index (χ2v) is 5.88. The second-order valence-electron chi connectivity index (χ2n) is 5.88. The molecule has 2 aromatic heterocycles. The summed E-state index contributed by atoms with van der Waals surface area (Å²) in [6, 6.07) is 10.6. The molecule has 4 rings (SSSR count). The highest BCUT2D eigenvalue weighted by Crippen LogP contribution is 2.31. The number of aromatic amines is 1. The lowest BCUT2D eigenvalue weighted by Crippen LogP contribution is -2.26. The molecule has 0 aliphatic heterocycles. The largest absolute Gasteiger partial charge is 0.280 e. The smallest absolute Gasteiger partial charge is 0.267 e. The van der Waals surface area contributed by atoms with Crippen molar-refractivity contribution in [3.8, 4) is 11.3 Å². The molecule has 0 radical (unpaired) electrons. The number of hydrogen-bond acceptors (Lipinski definition) is 4. The molecule has 6 nitrogen and oxygen atoms in total. The first kappa shape index (κ1) is 13.8. The summed E-state index contributed by atoms with van der Waals surface area (Å²) in [5, 5.41) is 8.13. The van der Waals surface area contributed by atoms with Gasteiger partial charge in [-0.25, -0.2) is 9.67 Å². The number of nitroso groups, excluding NO2 is 1. The van der Waals surface area contributed by atoms with Crippen molar-refractivity contribution in [2.45, 2.75) is 19.4 Å². The van der Waals surface area contributed by atoms with E-state index in [1.165, 1.54) is 0 Å². The van der Waals surface area contributed by atoms with Crippen molar-refractivity contribution in [2.75, 3.05) is 0 Å². The maximum atomic E-state index is 12.6. The van der Waals surface area contributed by atoms with E-state index in [1.54, 1.807) is 41.2 Å². The van der Waals surface area contributed by atoms with Gasteiger partial charge in [-0.05, 0) is 42.1 Å². The molecule has 0 amide bonds. The Kier molecular flexibility index (Phi) is 3.22. The molecule has 1 fully saturated rings. The average Bonchev–Trinajstić information content (AvgIpc) is 3.41. The maximum absolute atomic E-state index is 12.6. The van der Waals surface area contributed by atoms with E-state index < -0.39 is 0 Å². The van der Waals surface area contributed by atoms with E-state index in [0.29, 0.717) is 34.7 Å². The lowest BCUT2D eigenvalue weighted by atomic mass is 10.1. The van der Waals surface area contributed by atoms with Crippen LogP contribution in [0, 0.1) is 10.8 Å². The second kappa shape index (κ2) is 5.39.